The van der Waals surface area contributed by atoms with E-state index < -0.39 is 11.9 Å². The molecule has 0 saturated carbocycles. The first-order valence-electron chi connectivity index (χ1n) is 4.71. The van der Waals surface area contributed by atoms with Crippen molar-refractivity contribution in [2.24, 2.45) is 0 Å². The molecule has 0 unspecified atom stereocenters. The van der Waals surface area contributed by atoms with Crippen LogP contribution < -0.4 is 4.90 Å². The Labute approximate surface area is 91.8 Å². The van der Waals surface area contributed by atoms with Gasteiger partial charge in [0.25, 0.3) is 0 Å². The third-order valence-electron chi connectivity index (χ3n) is 2.28. The summed E-state index contributed by atoms with van der Waals surface area (Å²) in [6.07, 6.45) is 0. The molecule has 1 fully saturated rings. The maximum atomic E-state index is 11.5. The third-order valence-corrected chi connectivity index (χ3v) is 2.28. The fraction of sp³-hybridized carbons (Fsp3) is 0.182. The summed E-state index contributed by atoms with van der Waals surface area (Å²) in [5.41, 5.74) is 1.11. The number of carbonyl (C=O) groups is 2. The first kappa shape index (κ1) is 10.2. The average molecular weight is 216 g/mol. The van der Waals surface area contributed by atoms with Crippen molar-refractivity contribution < 1.29 is 14.3 Å². The van der Waals surface area contributed by atoms with Gasteiger partial charge in [0.1, 0.15) is 6.61 Å². The second kappa shape index (κ2) is 4.03. The Bertz CT molecular complexity index is 473. The van der Waals surface area contributed by atoms with Gasteiger partial charge in [-0.15, -0.1) is 0 Å². The molecule has 1 heterocycles. The number of hydrogen-bond donors (Lipinski definition) is 0. The highest BCUT2D eigenvalue weighted by Crippen LogP contribution is 2.17. The second-order valence-corrected chi connectivity index (χ2v) is 3.25. The van der Waals surface area contributed by atoms with Gasteiger partial charge in [0, 0.05) is 5.69 Å². The molecule has 16 heavy (non-hydrogen) atoms. The predicted octanol–water partition coefficient (Wildman–Crippen LogP) is 0.448. The molecule has 0 radical (unpaired) electrons. The highest BCUT2D eigenvalue weighted by Gasteiger charge is 2.29. The van der Waals surface area contributed by atoms with Crippen molar-refractivity contribution in [2.75, 3.05) is 18.1 Å². The number of nitriles is 1. The summed E-state index contributed by atoms with van der Waals surface area (Å²) in [7, 11) is 0. The number of morpholine rings is 1. The molecule has 0 atom stereocenters. The van der Waals surface area contributed by atoms with Crippen LogP contribution in [-0.2, 0) is 14.3 Å². The van der Waals surface area contributed by atoms with Crippen molar-refractivity contribution in [1.82, 2.24) is 0 Å². The van der Waals surface area contributed by atoms with E-state index in [2.05, 4.69) is 4.74 Å². The largest absolute Gasteiger partial charge is 0.457 e. The molecule has 1 saturated heterocycles. The van der Waals surface area contributed by atoms with Crippen molar-refractivity contribution in [1.29, 1.82) is 5.26 Å². The summed E-state index contributed by atoms with van der Waals surface area (Å²) in [6.45, 7) is 0.543. The SMILES string of the molecule is N#Cc1ccc(N2CCOC(=O)C2=O)cc1. The normalized spacial score (nSPS) is 15.6. The van der Waals surface area contributed by atoms with Crippen LogP contribution in [0.5, 0.6) is 0 Å². The van der Waals surface area contributed by atoms with E-state index >= 15 is 0 Å². The van der Waals surface area contributed by atoms with E-state index in [1.54, 1.807) is 24.3 Å². The number of hydrogen-bond acceptors (Lipinski definition) is 4. The van der Waals surface area contributed by atoms with Crippen LogP contribution in [0, 0.1) is 11.3 Å². The molecule has 0 spiro atoms. The lowest BCUT2D eigenvalue weighted by Gasteiger charge is -2.25. The van der Waals surface area contributed by atoms with Crippen molar-refractivity contribution in [3.63, 3.8) is 0 Å². The van der Waals surface area contributed by atoms with Gasteiger partial charge in [-0.25, -0.2) is 4.79 Å². The van der Waals surface area contributed by atoms with Gasteiger partial charge >= 0.3 is 11.9 Å². The van der Waals surface area contributed by atoms with E-state index in [4.69, 9.17) is 5.26 Å². The van der Waals surface area contributed by atoms with Crippen LogP contribution in [0.1, 0.15) is 5.56 Å². The Balaban J connectivity index is 2.26. The van der Waals surface area contributed by atoms with E-state index in [0.717, 1.165) is 0 Å². The lowest BCUT2D eigenvalue weighted by molar-refractivity contribution is -0.156. The minimum atomic E-state index is -0.837. The zero-order chi connectivity index (χ0) is 11.5. The molecule has 1 aliphatic heterocycles. The Morgan fingerprint density at radius 2 is 1.94 bits per heavy atom. The zero-order valence-electron chi connectivity index (χ0n) is 8.34. The summed E-state index contributed by atoms with van der Waals surface area (Å²) in [5.74, 6) is -1.51. The highest BCUT2D eigenvalue weighted by atomic mass is 16.5. The van der Waals surface area contributed by atoms with E-state index in [-0.39, 0.29) is 6.61 Å². The van der Waals surface area contributed by atoms with Gasteiger partial charge < -0.3 is 4.74 Å². The number of carbonyl (C=O) groups excluding carboxylic acids is 2. The van der Waals surface area contributed by atoms with E-state index in [9.17, 15) is 9.59 Å². The minimum Gasteiger partial charge on any atom is -0.457 e. The summed E-state index contributed by atoms with van der Waals surface area (Å²) >= 11 is 0. The van der Waals surface area contributed by atoms with Gasteiger partial charge in [-0.2, -0.15) is 5.26 Å². The van der Waals surface area contributed by atoms with Gasteiger partial charge in [-0.1, -0.05) is 0 Å². The minimum absolute atomic E-state index is 0.199. The van der Waals surface area contributed by atoms with Crippen LogP contribution in [0.4, 0.5) is 5.69 Å². The van der Waals surface area contributed by atoms with Gasteiger partial charge in [-0.3, -0.25) is 9.69 Å². The number of ether oxygens (including phenoxy) is 1. The molecule has 0 bridgehead atoms. The maximum absolute atomic E-state index is 11.5. The van der Waals surface area contributed by atoms with Gasteiger partial charge in [0.15, 0.2) is 0 Å². The number of nitrogens with zero attached hydrogens (tertiary/aromatic N) is 2. The van der Waals surface area contributed by atoms with E-state index in [1.165, 1.54) is 4.90 Å². The molecule has 1 aromatic carbocycles. The molecule has 2 rings (SSSR count). The monoisotopic (exact) mass is 216 g/mol. The molecule has 5 heteroatoms. The maximum Gasteiger partial charge on any atom is 0.397 e. The number of esters is 1. The number of benzene rings is 1. The first-order chi connectivity index (χ1) is 7.72. The topological polar surface area (TPSA) is 70.4 Å². The van der Waals surface area contributed by atoms with Crippen molar-refractivity contribution in [3.8, 4) is 6.07 Å². The Hall–Kier alpha value is -2.35. The summed E-state index contributed by atoms with van der Waals surface area (Å²) in [4.78, 5) is 23.8. The zero-order valence-corrected chi connectivity index (χ0v) is 8.34. The molecule has 0 aliphatic carbocycles. The predicted molar refractivity (Wildman–Crippen MR) is 54.5 cm³/mol. The number of cyclic esters (lactones) is 1. The Morgan fingerprint density at radius 3 is 2.56 bits per heavy atom. The Kier molecular flexibility index (Phi) is 2.56. The van der Waals surface area contributed by atoms with Gasteiger partial charge in [-0.05, 0) is 24.3 Å². The summed E-state index contributed by atoms with van der Waals surface area (Å²) in [6, 6.07) is 8.45. The van der Waals surface area contributed by atoms with Crippen LogP contribution >= 0.6 is 0 Å². The molecule has 0 aromatic heterocycles. The van der Waals surface area contributed by atoms with Crippen LogP contribution in [-0.4, -0.2) is 25.0 Å². The number of rotatable bonds is 1. The van der Waals surface area contributed by atoms with Crippen molar-refractivity contribution >= 4 is 17.6 Å². The van der Waals surface area contributed by atoms with Crippen LogP contribution in [0.25, 0.3) is 0 Å². The second-order valence-electron chi connectivity index (χ2n) is 3.25. The smallest absolute Gasteiger partial charge is 0.397 e. The summed E-state index contributed by atoms with van der Waals surface area (Å²) in [5, 5.41) is 8.63. The summed E-state index contributed by atoms with van der Waals surface area (Å²) < 4.78 is 4.60. The van der Waals surface area contributed by atoms with E-state index in [0.29, 0.717) is 17.8 Å². The lowest BCUT2D eigenvalue weighted by atomic mass is 10.2. The van der Waals surface area contributed by atoms with Crippen molar-refractivity contribution in [3.05, 3.63) is 29.8 Å². The van der Waals surface area contributed by atoms with Crippen LogP contribution in [0.15, 0.2) is 24.3 Å². The van der Waals surface area contributed by atoms with Crippen LogP contribution in [0.3, 0.4) is 0 Å². The standard InChI is InChI=1S/C11H8N2O3/c12-7-8-1-3-9(4-2-8)13-5-6-16-11(15)10(13)14/h1-4H,5-6H2. The quantitative estimate of drug-likeness (QED) is 0.504. The average Bonchev–Trinajstić information content (AvgIpc) is 2.33. The fourth-order valence-electron chi connectivity index (χ4n) is 1.47. The molecule has 1 amide bonds. The number of amides is 1. The first-order valence-corrected chi connectivity index (χ1v) is 4.71. The molecular weight excluding hydrogens is 208 g/mol. The molecular formula is C11H8N2O3. The lowest BCUT2D eigenvalue weighted by Crippen LogP contribution is -2.45. The van der Waals surface area contributed by atoms with Crippen LogP contribution in [0.2, 0.25) is 0 Å². The number of anilines is 1. The molecule has 80 valence electrons. The highest BCUT2D eigenvalue weighted by molar-refractivity contribution is 6.38. The van der Waals surface area contributed by atoms with Gasteiger partial charge in [0.2, 0.25) is 0 Å². The fourth-order valence-corrected chi connectivity index (χ4v) is 1.47. The molecule has 1 aliphatic rings. The van der Waals surface area contributed by atoms with Gasteiger partial charge in [0.05, 0.1) is 18.2 Å². The molecule has 0 N–H and O–H groups in total. The third kappa shape index (κ3) is 1.73. The van der Waals surface area contributed by atoms with E-state index in [1.807, 2.05) is 6.07 Å². The Morgan fingerprint density at radius 1 is 1.25 bits per heavy atom. The molecule has 5 nitrogen and oxygen atoms in total. The molecule has 1 aromatic rings. The van der Waals surface area contributed by atoms with Crippen molar-refractivity contribution in [2.45, 2.75) is 0 Å².